The van der Waals surface area contributed by atoms with Crippen LogP contribution in [0.1, 0.15) is 53.0 Å². The molecule has 0 saturated heterocycles. The van der Waals surface area contributed by atoms with Crippen molar-refractivity contribution < 1.29 is 13.2 Å². The molecule has 1 aromatic carbocycles. The molecule has 0 radical (unpaired) electrons. The molecule has 0 heterocycles. The van der Waals surface area contributed by atoms with Crippen molar-refractivity contribution in [2.24, 2.45) is 17.6 Å². The van der Waals surface area contributed by atoms with Gasteiger partial charge in [-0.2, -0.15) is 4.72 Å². The lowest BCUT2D eigenvalue weighted by molar-refractivity contribution is -0.123. The molecule has 1 aromatic rings. The van der Waals surface area contributed by atoms with E-state index in [1.54, 1.807) is 12.1 Å². The summed E-state index contributed by atoms with van der Waals surface area (Å²) in [6.45, 7) is 9.67. The molecule has 1 amide bonds. The standard InChI is InChI=1S/C18H30N2O3S/c1-13(2)6-7-15-8-10-16(11-9-15)24(22,23)20-18(5,17(19)21)12-14(3)4/h8-11,13-14,20H,6-7,12H2,1-5H3,(H2,19,21). The largest absolute Gasteiger partial charge is 0.368 e. The molecular weight excluding hydrogens is 324 g/mol. The Balaban J connectivity index is 2.96. The monoisotopic (exact) mass is 354 g/mol. The topological polar surface area (TPSA) is 89.3 Å². The number of nitrogens with one attached hydrogen (secondary N) is 1. The van der Waals surface area contributed by atoms with E-state index in [-0.39, 0.29) is 10.8 Å². The van der Waals surface area contributed by atoms with Gasteiger partial charge >= 0.3 is 0 Å². The van der Waals surface area contributed by atoms with Crippen molar-refractivity contribution in [1.82, 2.24) is 4.72 Å². The summed E-state index contributed by atoms with van der Waals surface area (Å²) in [5.41, 5.74) is 5.23. The van der Waals surface area contributed by atoms with Crippen LogP contribution in [0, 0.1) is 11.8 Å². The van der Waals surface area contributed by atoms with E-state index >= 15 is 0 Å². The van der Waals surface area contributed by atoms with Crippen LogP contribution in [-0.4, -0.2) is 19.9 Å². The van der Waals surface area contributed by atoms with E-state index in [0.29, 0.717) is 12.3 Å². The Labute approximate surface area is 146 Å². The van der Waals surface area contributed by atoms with E-state index in [9.17, 15) is 13.2 Å². The summed E-state index contributed by atoms with van der Waals surface area (Å²) in [5.74, 6) is 0.0549. The Bertz CT molecular complexity index is 651. The second-order valence-corrected chi connectivity index (χ2v) is 9.16. The third-order valence-corrected chi connectivity index (χ3v) is 5.58. The first kappa shape index (κ1) is 20.6. The Hall–Kier alpha value is -1.40. The van der Waals surface area contributed by atoms with Crippen LogP contribution in [0.4, 0.5) is 0 Å². The van der Waals surface area contributed by atoms with Gasteiger partial charge in [0.15, 0.2) is 0 Å². The van der Waals surface area contributed by atoms with Crippen LogP contribution in [0.3, 0.4) is 0 Å². The SMILES string of the molecule is CC(C)CCc1ccc(S(=O)(=O)NC(C)(CC(C)C)C(N)=O)cc1. The van der Waals surface area contributed by atoms with E-state index < -0.39 is 21.5 Å². The third-order valence-electron chi connectivity index (χ3n) is 3.96. The molecule has 24 heavy (non-hydrogen) atoms. The number of nitrogens with two attached hydrogens (primary N) is 1. The number of aryl methyl sites for hydroxylation is 1. The van der Waals surface area contributed by atoms with Crippen LogP contribution in [0.15, 0.2) is 29.2 Å². The van der Waals surface area contributed by atoms with Gasteiger partial charge < -0.3 is 5.73 Å². The number of benzene rings is 1. The second-order valence-electron chi connectivity index (χ2n) is 7.48. The number of rotatable bonds is 9. The highest BCUT2D eigenvalue weighted by Gasteiger charge is 2.36. The molecule has 0 aliphatic carbocycles. The first-order chi connectivity index (χ1) is 11.0. The Morgan fingerprint density at radius 1 is 1.12 bits per heavy atom. The maximum atomic E-state index is 12.6. The maximum absolute atomic E-state index is 12.6. The summed E-state index contributed by atoms with van der Waals surface area (Å²) < 4.78 is 27.7. The Morgan fingerprint density at radius 2 is 1.67 bits per heavy atom. The molecule has 0 aliphatic heterocycles. The number of carbonyl (C=O) groups is 1. The number of carbonyl (C=O) groups excluding carboxylic acids is 1. The Kier molecular flexibility index (Phi) is 6.98. The minimum atomic E-state index is -3.81. The van der Waals surface area contributed by atoms with Crippen molar-refractivity contribution >= 4 is 15.9 Å². The van der Waals surface area contributed by atoms with Crippen LogP contribution in [0.2, 0.25) is 0 Å². The van der Waals surface area contributed by atoms with Gasteiger partial charge in [-0.1, -0.05) is 39.8 Å². The van der Waals surface area contributed by atoms with Gasteiger partial charge in [-0.05, 0) is 55.7 Å². The van der Waals surface area contributed by atoms with Gasteiger partial charge in [0.05, 0.1) is 4.90 Å². The average molecular weight is 355 g/mol. The predicted octanol–water partition coefficient (Wildman–Crippen LogP) is 2.84. The second kappa shape index (κ2) is 8.12. The highest BCUT2D eigenvalue weighted by Crippen LogP contribution is 2.21. The summed E-state index contributed by atoms with van der Waals surface area (Å²) >= 11 is 0. The summed E-state index contributed by atoms with van der Waals surface area (Å²) in [6.07, 6.45) is 2.31. The van der Waals surface area contributed by atoms with E-state index in [0.717, 1.165) is 18.4 Å². The van der Waals surface area contributed by atoms with Crippen molar-refractivity contribution in [2.75, 3.05) is 0 Å². The molecule has 1 rings (SSSR count). The fourth-order valence-electron chi connectivity index (χ4n) is 2.66. The van der Waals surface area contributed by atoms with Crippen LogP contribution in [0.5, 0.6) is 0 Å². The molecule has 5 nitrogen and oxygen atoms in total. The van der Waals surface area contributed by atoms with Crippen molar-refractivity contribution in [2.45, 2.75) is 64.3 Å². The lowest BCUT2D eigenvalue weighted by atomic mass is 9.91. The van der Waals surface area contributed by atoms with Crippen molar-refractivity contribution in [1.29, 1.82) is 0 Å². The summed E-state index contributed by atoms with van der Waals surface area (Å²) in [4.78, 5) is 11.9. The number of sulfonamides is 1. The normalized spacial score (nSPS) is 14.8. The fourth-order valence-corrected chi connectivity index (χ4v) is 4.04. The van der Waals surface area contributed by atoms with Gasteiger partial charge in [0.25, 0.3) is 0 Å². The quantitative estimate of drug-likeness (QED) is 0.714. The Morgan fingerprint density at radius 3 is 2.08 bits per heavy atom. The molecule has 0 bridgehead atoms. The summed E-state index contributed by atoms with van der Waals surface area (Å²) in [5, 5.41) is 0. The maximum Gasteiger partial charge on any atom is 0.241 e. The molecule has 1 atom stereocenters. The van der Waals surface area contributed by atoms with Gasteiger partial charge in [0.1, 0.15) is 5.54 Å². The van der Waals surface area contributed by atoms with Crippen LogP contribution in [0.25, 0.3) is 0 Å². The van der Waals surface area contributed by atoms with E-state index in [2.05, 4.69) is 18.6 Å². The average Bonchev–Trinajstić information content (AvgIpc) is 2.43. The van der Waals surface area contributed by atoms with Gasteiger partial charge in [-0.3, -0.25) is 4.79 Å². The minimum Gasteiger partial charge on any atom is -0.368 e. The molecular formula is C18H30N2O3S. The zero-order valence-electron chi connectivity index (χ0n) is 15.3. The third kappa shape index (κ3) is 5.91. The zero-order chi connectivity index (χ0) is 18.5. The summed E-state index contributed by atoms with van der Waals surface area (Å²) in [7, 11) is -3.81. The zero-order valence-corrected chi connectivity index (χ0v) is 16.1. The summed E-state index contributed by atoms with van der Waals surface area (Å²) in [6, 6.07) is 6.80. The smallest absolute Gasteiger partial charge is 0.241 e. The lowest BCUT2D eigenvalue weighted by Crippen LogP contribution is -2.55. The molecule has 6 heteroatoms. The van der Waals surface area contributed by atoms with E-state index in [1.165, 1.54) is 6.92 Å². The first-order valence-electron chi connectivity index (χ1n) is 8.39. The van der Waals surface area contributed by atoms with Gasteiger partial charge in [-0.15, -0.1) is 0 Å². The lowest BCUT2D eigenvalue weighted by Gasteiger charge is -2.28. The number of hydrogen-bond acceptors (Lipinski definition) is 3. The highest BCUT2D eigenvalue weighted by atomic mass is 32.2. The molecule has 0 fully saturated rings. The fraction of sp³-hybridized carbons (Fsp3) is 0.611. The van der Waals surface area contributed by atoms with Crippen LogP contribution in [-0.2, 0) is 21.2 Å². The number of hydrogen-bond donors (Lipinski definition) is 2. The first-order valence-corrected chi connectivity index (χ1v) is 9.87. The molecule has 0 aliphatic rings. The number of primary amides is 1. The van der Waals surface area contributed by atoms with Crippen LogP contribution < -0.4 is 10.5 Å². The molecule has 0 saturated carbocycles. The van der Waals surface area contributed by atoms with Crippen molar-refractivity contribution in [3.63, 3.8) is 0 Å². The van der Waals surface area contributed by atoms with Gasteiger partial charge in [0, 0.05) is 0 Å². The van der Waals surface area contributed by atoms with Gasteiger partial charge in [-0.25, -0.2) is 8.42 Å². The molecule has 3 N–H and O–H groups in total. The molecule has 0 aromatic heterocycles. The molecule has 0 spiro atoms. The predicted molar refractivity (Wildman–Crippen MR) is 97.0 cm³/mol. The minimum absolute atomic E-state index is 0.128. The highest BCUT2D eigenvalue weighted by molar-refractivity contribution is 7.89. The van der Waals surface area contributed by atoms with E-state index in [4.69, 9.17) is 5.73 Å². The number of amides is 1. The molecule has 1 unspecified atom stereocenters. The van der Waals surface area contributed by atoms with Crippen molar-refractivity contribution in [3.05, 3.63) is 29.8 Å². The molecule has 136 valence electrons. The van der Waals surface area contributed by atoms with Crippen molar-refractivity contribution in [3.8, 4) is 0 Å². The van der Waals surface area contributed by atoms with Crippen LogP contribution >= 0.6 is 0 Å². The van der Waals surface area contributed by atoms with Gasteiger partial charge in [0.2, 0.25) is 15.9 Å². The van der Waals surface area contributed by atoms with E-state index in [1.807, 2.05) is 26.0 Å².